The van der Waals surface area contributed by atoms with Crippen LogP contribution in [0.15, 0.2) is 48.1 Å². The quantitative estimate of drug-likeness (QED) is 0.0879. The molecule has 0 saturated heterocycles. The second kappa shape index (κ2) is 16.8. The van der Waals surface area contributed by atoms with Crippen LogP contribution in [-0.2, 0) is 30.6 Å². The number of nitrogens with zero attached hydrogens (tertiary/aromatic N) is 1. The molecule has 1 aromatic rings. The molecular weight excluding hydrogens is 556 g/mol. The van der Waals surface area contributed by atoms with Crippen molar-refractivity contribution in [2.24, 2.45) is 5.73 Å². The lowest BCUT2D eigenvalue weighted by Gasteiger charge is -2.24. The third kappa shape index (κ3) is 10.7. The fourth-order valence-electron chi connectivity index (χ4n) is 4.87. The molecule has 1 aliphatic carbocycles. The first-order valence-electron chi connectivity index (χ1n) is 14.5. The molecule has 0 radical (unpaired) electrons. The van der Waals surface area contributed by atoms with Crippen molar-refractivity contribution in [2.75, 3.05) is 18.4 Å². The Balaban J connectivity index is 1.58. The number of nitrogens with two attached hydrogens (primary N) is 1. The minimum Gasteiger partial charge on any atom is -0.392 e. The number of urea groups is 1. The molecule has 7 amide bonds. The van der Waals surface area contributed by atoms with Gasteiger partial charge >= 0.3 is 6.03 Å². The Morgan fingerprint density at radius 3 is 2.28 bits per heavy atom. The number of hydrogen-bond donors (Lipinski definition) is 6. The highest BCUT2D eigenvalue weighted by atomic mass is 16.3. The van der Waals surface area contributed by atoms with Crippen molar-refractivity contribution in [3.8, 4) is 0 Å². The van der Waals surface area contributed by atoms with Gasteiger partial charge in [0, 0.05) is 37.3 Å². The molecule has 0 aromatic heterocycles. The Morgan fingerprint density at radius 2 is 1.65 bits per heavy atom. The summed E-state index contributed by atoms with van der Waals surface area (Å²) in [5.41, 5.74) is 7.06. The van der Waals surface area contributed by atoms with Crippen LogP contribution in [0.1, 0.15) is 63.4 Å². The van der Waals surface area contributed by atoms with Gasteiger partial charge in [-0.1, -0.05) is 24.6 Å². The van der Waals surface area contributed by atoms with Crippen LogP contribution in [0.25, 0.3) is 0 Å². The summed E-state index contributed by atoms with van der Waals surface area (Å²) in [4.78, 5) is 75.1. The molecule has 13 heteroatoms. The highest BCUT2D eigenvalue weighted by molar-refractivity contribution is 6.12. The molecular formula is C30H40N6O7. The van der Waals surface area contributed by atoms with Gasteiger partial charge in [-0.2, -0.15) is 0 Å². The van der Waals surface area contributed by atoms with Crippen LogP contribution in [0.5, 0.6) is 0 Å². The molecule has 43 heavy (non-hydrogen) atoms. The van der Waals surface area contributed by atoms with Gasteiger partial charge in [0.15, 0.2) is 0 Å². The largest absolute Gasteiger partial charge is 0.392 e. The van der Waals surface area contributed by atoms with Crippen molar-refractivity contribution >= 4 is 41.3 Å². The highest BCUT2D eigenvalue weighted by Gasteiger charge is 2.30. The van der Waals surface area contributed by atoms with E-state index in [1.807, 2.05) is 6.08 Å². The van der Waals surface area contributed by atoms with Crippen LogP contribution >= 0.6 is 0 Å². The minimum absolute atomic E-state index is 0.138. The van der Waals surface area contributed by atoms with Crippen LogP contribution < -0.4 is 27.0 Å². The second-order valence-corrected chi connectivity index (χ2v) is 10.5. The van der Waals surface area contributed by atoms with E-state index in [2.05, 4.69) is 21.3 Å². The Kier molecular flexibility index (Phi) is 12.9. The van der Waals surface area contributed by atoms with Gasteiger partial charge in [-0.15, -0.1) is 0 Å². The first kappa shape index (κ1) is 33.0. The van der Waals surface area contributed by atoms with Crippen LogP contribution in [0.4, 0.5) is 10.5 Å². The summed E-state index contributed by atoms with van der Waals surface area (Å²) < 4.78 is 0. The first-order valence-corrected chi connectivity index (χ1v) is 14.5. The predicted molar refractivity (Wildman–Crippen MR) is 158 cm³/mol. The summed E-state index contributed by atoms with van der Waals surface area (Å²) in [6.07, 6.45) is 9.07. The van der Waals surface area contributed by atoms with Gasteiger partial charge in [0.25, 0.3) is 11.8 Å². The van der Waals surface area contributed by atoms with E-state index in [1.54, 1.807) is 24.3 Å². The molecule has 7 N–H and O–H groups in total. The van der Waals surface area contributed by atoms with Gasteiger partial charge in [0.05, 0.1) is 6.61 Å². The van der Waals surface area contributed by atoms with Crippen LogP contribution in [0.2, 0.25) is 0 Å². The van der Waals surface area contributed by atoms with Gasteiger partial charge in [-0.05, 0) is 68.2 Å². The highest BCUT2D eigenvalue weighted by Crippen LogP contribution is 2.22. The molecule has 1 heterocycles. The topological polar surface area (TPSA) is 200 Å². The summed E-state index contributed by atoms with van der Waals surface area (Å²) in [6.45, 7) is 0.358. The molecule has 0 fully saturated rings. The normalized spacial score (nSPS) is 15.6. The molecule has 2 atom stereocenters. The van der Waals surface area contributed by atoms with Gasteiger partial charge in [0.2, 0.25) is 17.7 Å². The van der Waals surface area contributed by atoms with Crippen LogP contribution in [0, 0.1) is 0 Å². The number of unbranched alkanes of at least 4 members (excludes halogenated alkanes) is 2. The number of hydrogen-bond acceptors (Lipinski definition) is 7. The Morgan fingerprint density at radius 1 is 0.930 bits per heavy atom. The molecule has 0 bridgehead atoms. The Bertz CT molecular complexity index is 1230. The third-order valence-electron chi connectivity index (χ3n) is 7.21. The fourth-order valence-corrected chi connectivity index (χ4v) is 4.87. The average Bonchev–Trinajstić information content (AvgIpc) is 3.63. The van der Waals surface area contributed by atoms with E-state index in [0.717, 1.165) is 23.3 Å². The molecule has 0 saturated carbocycles. The number of amides is 7. The number of primary amides is 1. The summed E-state index contributed by atoms with van der Waals surface area (Å²) in [6, 6.07) is 4.01. The van der Waals surface area contributed by atoms with E-state index in [-0.39, 0.29) is 50.3 Å². The van der Waals surface area contributed by atoms with E-state index < -0.39 is 29.9 Å². The van der Waals surface area contributed by atoms with Gasteiger partial charge in [0.1, 0.15) is 12.1 Å². The van der Waals surface area contributed by atoms with Crippen LogP contribution in [-0.4, -0.2) is 70.7 Å². The van der Waals surface area contributed by atoms with Crippen molar-refractivity contribution in [1.82, 2.24) is 20.9 Å². The lowest BCUT2D eigenvalue weighted by atomic mass is 10.0. The minimum atomic E-state index is -0.966. The number of rotatable bonds is 17. The maximum Gasteiger partial charge on any atom is 0.312 e. The molecule has 1 aromatic carbocycles. The Labute approximate surface area is 250 Å². The number of aliphatic hydroxyl groups excluding tert-OH is 1. The van der Waals surface area contributed by atoms with Crippen molar-refractivity contribution in [3.63, 3.8) is 0 Å². The van der Waals surface area contributed by atoms with Gasteiger partial charge in [-0.3, -0.25) is 28.9 Å². The maximum absolute atomic E-state index is 13.5. The molecule has 13 nitrogen and oxygen atoms in total. The molecule has 232 valence electrons. The van der Waals surface area contributed by atoms with E-state index in [1.165, 1.54) is 12.2 Å². The summed E-state index contributed by atoms with van der Waals surface area (Å²) >= 11 is 0. The number of carbonyl (C=O) groups is 6. The lowest BCUT2D eigenvalue weighted by molar-refractivity contribution is -0.137. The number of carbonyl (C=O) groups excluding carboxylic acids is 6. The standard InChI is InChI=1S/C30H40N6O7/c31-30(43)32-17-6-9-23(28(41)33-22-13-11-20(19-37)12-14-22)34-29(42)27(21-7-3-4-8-21)35-24(38)10-2-1-5-18-36-25(39)15-16-26(36)40/h7,11-16,23,27,37H,1-6,8-10,17-19H2,(H,33,41)(H,34,42)(H,35,38)(H3,31,32,43)/t23-,27-/m0/s1. The summed E-state index contributed by atoms with van der Waals surface area (Å²) in [7, 11) is 0. The summed E-state index contributed by atoms with van der Waals surface area (Å²) in [5, 5.41) is 20.1. The third-order valence-corrected chi connectivity index (χ3v) is 7.21. The number of aliphatic hydroxyl groups is 1. The van der Waals surface area contributed by atoms with Crippen LogP contribution in [0.3, 0.4) is 0 Å². The molecule has 0 spiro atoms. The van der Waals surface area contributed by atoms with Gasteiger partial charge in [-0.25, -0.2) is 4.79 Å². The summed E-state index contributed by atoms with van der Waals surface area (Å²) in [5.74, 6) is -1.98. The zero-order valence-electron chi connectivity index (χ0n) is 24.1. The van der Waals surface area contributed by atoms with E-state index >= 15 is 0 Å². The average molecular weight is 597 g/mol. The SMILES string of the molecule is NC(=O)NCCC[C@H](NC(=O)[C@@H](NC(=O)CCCCCN1C(=O)C=CC1=O)C1=CCCC1)C(=O)Nc1ccc(CO)cc1. The monoisotopic (exact) mass is 596 g/mol. The fraction of sp³-hybridized carbons (Fsp3) is 0.467. The van der Waals surface area contributed by atoms with Crippen molar-refractivity contribution in [2.45, 2.75) is 76.5 Å². The van der Waals surface area contributed by atoms with E-state index in [4.69, 9.17) is 5.73 Å². The molecule has 0 unspecified atom stereocenters. The number of benzene rings is 1. The number of imide groups is 1. The van der Waals surface area contributed by atoms with Crippen molar-refractivity contribution < 1.29 is 33.9 Å². The zero-order valence-corrected chi connectivity index (χ0v) is 24.1. The Hall–Kier alpha value is -4.52. The van der Waals surface area contributed by atoms with Crippen molar-refractivity contribution in [3.05, 3.63) is 53.6 Å². The van der Waals surface area contributed by atoms with E-state index in [0.29, 0.717) is 43.4 Å². The zero-order chi connectivity index (χ0) is 31.2. The smallest absolute Gasteiger partial charge is 0.312 e. The number of anilines is 1. The first-order chi connectivity index (χ1) is 20.7. The predicted octanol–water partition coefficient (Wildman–Crippen LogP) is 1.13. The number of nitrogens with one attached hydrogen (secondary N) is 4. The molecule has 1 aliphatic heterocycles. The van der Waals surface area contributed by atoms with E-state index in [9.17, 15) is 33.9 Å². The maximum atomic E-state index is 13.5. The molecule has 2 aliphatic rings. The van der Waals surface area contributed by atoms with Crippen molar-refractivity contribution in [1.29, 1.82) is 0 Å². The molecule has 3 rings (SSSR count). The lowest BCUT2D eigenvalue weighted by Crippen LogP contribution is -2.53. The number of allylic oxidation sites excluding steroid dienone is 1. The van der Waals surface area contributed by atoms with Gasteiger partial charge < -0.3 is 32.1 Å². The second-order valence-electron chi connectivity index (χ2n) is 10.5.